The van der Waals surface area contributed by atoms with E-state index in [4.69, 9.17) is 22.3 Å². The summed E-state index contributed by atoms with van der Waals surface area (Å²) in [6.45, 7) is 6.77. The van der Waals surface area contributed by atoms with E-state index in [9.17, 15) is 4.79 Å². The summed E-state index contributed by atoms with van der Waals surface area (Å²) >= 11 is 0. The van der Waals surface area contributed by atoms with Crippen LogP contribution in [0.25, 0.3) is 5.57 Å². The maximum absolute atomic E-state index is 12.7. The van der Waals surface area contributed by atoms with Crippen molar-refractivity contribution in [3.05, 3.63) is 53.1 Å². The van der Waals surface area contributed by atoms with Gasteiger partial charge in [-0.3, -0.25) is 4.79 Å². The molecule has 1 aliphatic carbocycles. The van der Waals surface area contributed by atoms with Gasteiger partial charge >= 0.3 is 5.97 Å². The van der Waals surface area contributed by atoms with Crippen molar-refractivity contribution in [3.8, 4) is 24.7 Å². The molecule has 0 saturated heterocycles. The van der Waals surface area contributed by atoms with Crippen LogP contribution in [0.15, 0.2) is 47.6 Å². The Hall–Kier alpha value is -2.75. The smallest absolute Gasteiger partial charge is 0.310 e. The lowest BCUT2D eigenvalue weighted by Crippen LogP contribution is -2.13. The van der Waals surface area contributed by atoms with Gasteiger partial charge in [0.1, 0.15) is 6.61 Å². The van der Waals surface area contributed by atoms with E-state index in [1.165, 1.54) is 0 Å². The van der Waals surface area contributed by atoms with Gasteiger partial charge in [0.05, 0.1) is 12.5 Å². The van der Waals surface area contributed by atoms with Crippen LogP contribution in [0.4, 0.5) is 0 Å². The average Bonchev–Trinajstić information content (AvgIpc) is 3.21. The van der Waals surface area contributed by atoms with Crippen LogP contribution in [-0.2, 0) is 14.3 Å². The molecule has 3 heteroatoms. The molecule has 0 amide bonds. The first-order chi connectivity index (χ1) is 13.4. The molecule has 0 aromatic heterocycles. The highest BCUT2D eigenvalue weighted by molar-refractivity contribution is 5.79. The van der Waals surface area contributed by atoms with Crippen molar-refractivity contribution in [2.75, 3.05) is 20.3 Å². The molecule has 0 spiro atoms. The number of hydrogen-bond donors (Lipinski definition) is 0. The van der Waals surface area contributed by atoms with E-state index in [0.29, 0.717) is 18.6 Å². The first-order valence-electron chi connectivity index (χ1n) is 9.37. The fourth-order valence-corrected chi connectivity index (χ4v) is 3.59. The van der Waals surface area contributed by atoms with Crippen molar-refractivity contribution in [3.63, 3.8) is 0 Å². The molecule has 0 heterocycles. The van der Waals surface area contributed by atoms with Crippen LogP contribution in [-0.4, -0.2) is 26.3 Å². The molecule has 1 saturated carbocycles. The summed E-state index contributed by atoms with van der Waals surface area (Å²) in [7, 11) is 1.66. The van der Waals surface area contributed by atoms with Crippen molar-refractivity contribution in [1.29, 1.82) is 0 Å². The lowest BCUT2D eigenvalue weighted by atomic mass is 9.98. The van der Waals surface area contributed by atoms with Crippen LogP contribution in [0.5, 0.6) is 0 Å². The van der Waals surface area contributed by atoms with Crippen molar-refractivity contribution < 1.29 is 14.3 Å². The maximum Gasteiger partial charge on any atom is 0.310 e. The van der Waals surface area contributed by atoms with Gasteiger partial charge in [-0.2, -0.15) is 0 Å². The molecule has 1 aromatic carbocycles. The Labute approximate surface area is 168 Å². The number of terminal acetylenes is 2. The summed E-state index contributed by atoms with van der Waals surface area (Å²) in [4.78, 5) is 12.7. The summed E-state index contributed by atoms with van der Waals surface area (Å²) < 4.78 is 10.8. The minimum Gasteiger partial charge on any atom is -0.460 e. The zero-order valence-corrected chi connectivity index (χ0v) is 17.1. The minimum atomic E-state index is -0.225. The number of methoxy groups -OCH3 is 1. The number of benzene rings is 1. The van der Waals surface area contributed by atoms with E-state index in [-0.39, 0.29) is 29.8 Å². The Morgan fingerprint density at radius 1 is 1.21 bits per heavy atom. The molecule has 0 radical (unpaired) electrons. The molecule has 1 aliphatic rings. The normalized spacial score (nSPS) is 21.1. The highest BCUT2D eigenvalue weighted by Crippen LogP contribution is 2.59. The third-order valence-electron chi connectivity index (χ3n) is 5.30. The molecule has 2 rings (SSSR count). The van der Waals surface area contributed by atoms with Crippen LogP contribution in [0.1, 0.15) is 32.8 Å². The van der Waals surface area contributed by atoms with E-state index in [2.05, 4.69) is 31.8 Å². The van der Waals surface area contributed by atoms with E-state index in [0.717, 1.165) is 16.7 Å². The average molecular weight is 376 g/mol. The van der Waals surface area contributed by atoms with Crippen molar-refractivity contribution >= 4 is 11.5 Å². The second-order valence-electron chi connectivity index (χ2n) is 7.73. The fraction of sp³-hybridized carbons (Fsp3) is 0.400. The van der Waals surface area contributed by atoms with Crippen molar-refractivity contribution in [2.24, 2.45) is 17.3 Å². The second-order valence-corrected chi connectivity index (χ2v) is 7.73. The van der Waals surface area contributed by atoms with Gasteiger partial charge in [-0.05, 0) is 29.4 Å². The molecule has 28 heavy (non-hydrogen) atoms. The van der Waals surface area contributed by atoms with Crippen LogP contribution in [0.2, 0.25) is 0 Å². The monoisotopic (exact) mass is 376 g/mol. The number of carbonyl (C=O) groups excluding carboxylic acids is 1. The first kappa shape index (κ1) is 21.5. The number of rotatable bonds is 8. The number of allylic oxidation sites excluding steroid dienone is 2. The van der Waals surface area contributed by atoms with Crippen LogP contribution >= 0.6 is 0 Å². The lowest BCUT2D eigenvalue weighted by molar-refractivity contribution is -0.145. The van der Waals surface area contributed by atoms with Gasteiger partial charge < -0.3 is 9.47 Å². The fourth-order valence-electron chi connectivity index (χ4n) is 3.59. The van der Waals surface area contributed by atoms with Gasteiger partial charge in [0, 0.05) is 19.1 Å². The maximum atomic E-state index is 12.7. The highest BCUT2D eigenvalue weighted by atomic mass is 16.5. The summed E-state index contributed by atoms with van der Waals surface area (Å²) in [5.41, 5.74) is 3.39. The van der Waals surface area contributed by atoms with Crippen LogP contribution < -0.4 is 0 Å². The number of esters is 1. The van der Waals surface area contributed by atoms with Crippen molar-refractivity contribution in [2.45, 2.75) is 27.2 Å². The summed E-state index contributed by atoms with van der Waals surface area (Å²) in [5, 5.41) is 0. The molecule has 0 bridgehead atoms. The van der Waals surface area contributed by atoms with E-state index in [1.807, 2.05) is 37.3 Å². The van der Waals surface area contributed by atoms with Crippen LogP contribution in [0.3, 0.4) is 0 Å². The molecular weight excluding hydrogens is 348 g/mol. The Kier molecular flexibility index (Phi) is 7.27. The molecule has 3 nitrogen and oxygen atoms in total. The minimum absolute atomic E-state index is 0.0569. The molecular formula is C25H28O3. The third-order valence-corrected chi connectivity index (χ3v) is 5.30. The van der Waals surface area contributed by atoms with Gasteiger partial charge in [-0.15, -0.1) is 18.8 Å². The zero-order chi connectivity index (χ0) is 20.7. The predicted octanol–water partition coefficient (Wildman–Crippen LogP) is 4.50. The Balaban J connectivity index is 2.13. The standard InChI is InChI=1S/C25H28O3/c1-7-12-21(20-13-10-9-11-14-20)19(8-2)17-28-24(26)23-22(25(23,4)5)15-18(3)16-27-6/h1-2,9-11,13-15,22-23H,12,16-17H2,3-6H3. The summed E-state index contributed by atoms with van der Waals surface area (Å²) in [6.07, 6.45) is 13.7. The van der Waals surface area contributed by atoms with Crippen LogP contribution in [0, 0.1) is 41.9 Å². The van der Waals surface area contributed by atoms with Crippen molar-refractivity contribution in [1.82, 2.24) is 0 Å². The number of hydrogen-bond acceptors (Lipinski definition) is 3. The van der Waals surface area contributed by atoms with Gasteiger partial charge in [0.25, 0.3) is 0 Å². The molecule has 0 N–H and O–H groups in total. The third kappa shape index (κ3) is 4.94. The summed E-state index contributed by atoms with van der Waals surface area (Å²) in [6, 6.07) is 9.70. The van der Waals surface area contributed by atoms with Gasteiger partial charge in [-0.1, -0.05) is 61.7 Å². The Morgan fingerprint density at radius 2 is 1.89 bits per heavy atom. The van der Waals surface area contributed by atoms with E-state index >= 15 is 0 Å². The molecule has 1 aromatic rings. The topological polar surface area (TPSA) is 35.5 Å². The van der Waals surface area contributed by atoms with E-state index < -0.39 is 0 Å². The molecule has 1 fully saturated rings. The van der Waals surface area contributed by atoms with Gasteiger partial charge in [-0.25, -0.2) is 0 Å². The lowest BCUT2D eigenvalue weighted by Gasteiger charge is -2.11. The molecule has 0 aliphatic heterocycles. The highest BCUT2D eigenvalue weighted by Gasteiger charge is 2.61. The molecule has 146 valence electrons. The predicted molar refractivity (Wildman–Crippen MR) is 113 cm³/mol. The zero-order valence-electron chi connectivity index (χ0n) is 17.1. The van der Waals surface area contributed by atoms with Gasteiger partial charge in [0.15, 0.2) is 0 Å². The SMILES string of the molecule is C#CCC(=C(C#C)COC(=O)C1C(C=C(C)COC)C1(C)C)c1ccccc1. The molecule has 2 unspecified atom stereocenters. The Bertz CT molecular complexity index is 844. The Morgan fingerprint density at radius 3 is 2.46 bits per heavy atom. The number of carbonyl (C=O) groups is 1. The van der Waals surface area contributed by atoms with E-state index in [1.54, 1.807) is 7.11 Å². The molecule has 2 atom stereocenters. The second kappa shape index (κ2) is 9.45. The number of ether oxygens (including phenoxy) is 2. The van der Waals surface area contributed by atoms with Gasteiger partial charge in [0.2, 0.25) is 0 Å². The largest absolute Gasteiger partial charge is 0.460 e. The summed E-state index contributed by atoms with van der Waals surface area (Å²) in [5.74, 6) is 5.05. The quantitative estimate of drug-likeness (QED) is 0.381. The first-order valence-corrected chi connectivity index (χ1v) is 9.37.